The van der Waals surface area contributed by atoms with Crippen molar-refractivity contribution in [2.75, 3.05) is 13.7 Å². The molecule has 0 aromatic heterocycles. The first-order chi connectivity index (χ1) is 3.43. The summed E-state index contributed by atoms with van der Waals surface area (Å²) in [7, 11) is 1.70. The maximum absolute atomic E-state index is 4.95. The van der Waals surface area contributed by atoms with Crippen LogP contribution in [0.3, 0.4) is 0 Å². The van der Waals surface area contributed by atoms with Gasteiger partial charge in [0.2, 0.25) is 0 Å². The van der Waals surface area contributed by atoms with E-state index in [0.29, 0.717) is 5.44 Å². The summed E-state index contributed by atoms with van der Waals surface area (Å²) in [4.78, 5) is 3.95. The Labute approximate surface area is 47.0 Å². The van der Waals surface area contributed by atoms with Crippen molar-refractivity contribution in [1.29, 1.82) is 0 Å². The van der Waals surface area contributed by atoms with Crippen molar-refractivity contribution < 1.29 is 4.74 Å². The SMILES string of the molecule is COC1CN=CS1. The van der Waals surface area contributed by atoms with Gasteiger partial charge < -0.3 is 4.74 Å². The first kappa shape index (κ1) is 5.12. The highest BCUT2D eigenvalue weighted by Gasteiger charge is 2.08. The standard InChI is InChI=1S/C4H7NOS/c1-6-4-2-5-3-7-4/h3-4H,2H2,1H3. The molecule has 1 heterocycles. The molecule has 0 bridgehead atoms. The maximum Gasteiger partial charge on any atom is 0.127 e. The molecule has 0 aliphatic carbocycles. The second kappa shape index (κ2) is 2.33. The number of ether oxygens (including phenoxy) is 1. The van der Waals surface area contributed by atoms with Crippen LogP contribution in [0.2, 0.25) is 0 Å². The maximum atomic E-state index is 4.95. The molecule has 0 N–H and O–H groups in total. The lowest BCUT2D eigenvalue weighted by molar-refractivity contribution is 0.182. The van der Waals surface area contributed by atoms with Gasteiger partial charge in [-0.2, -0.15) is 0 Å². The molecule has 2 nitrogen and oxygen atoms in total. The van der Waals surface area contributed by atoms with Gasteiger partial charge >= 0.3 is 0 Å². The third-order valence-electron chi connectivity index (χ3n) is 0.805. The van der Waals surface area contributed by atoms with E-state index in [4.69, 9.17) is 4.74 Å². The summed E-state index contributed by atoms with van der Waals surface area (Å²) in [6, 6.07) is 0. The van der Waals surface area contributed by atoms with E-state index in [1.165, 1.54) is 0 Å². The van der Waals surface area contributed by atoms with Gasteiger partial charge in [0.25, 0.3) is 0 Å². The molecule has 0 aromatic rings. The van der Waals surface area contributed by atoms with Crippen LogP contribution in [0.15, 0.2) is 4.99 Å². The number of rotatable bonds is 1. The Balaban J connectivity index is 2.22. The fourth-order valence-electron chi connectivity index (χ4n) is 0.413. The molecular formula is C4H7NOS. The van der Waals surface area contributed by atoms with Crippen LogP contribution < -0.4 is 0 Å². The van der Waals surface area contributed by atoms with Crippen LogP contribution in [0, 0.1) is 0 Å². The van der Waals surface area contributed by atoms with E-state index in [2.05, 4.69) is 4.99 Å². The summed E-state index contributed by atoms with van der Waals surface area (Å²) < 4.78 is 4.95. The highest BCUT2D eigenvalue weighted by Crippen LogP contribution is 2.13. The quantitative estimate of drug-likeness (QED) is 0.505. The summed E-state index contributed by atoms with van der Waals surface area (Å²) in [5.41, 5.74) is 2.12. The van der Waals surface area contributed by atoms with Crippen molar-refractivity contribution in [3.8, 4) is 0 Å². The van der Waals surface area contributed by atoms with Gasteiger partial charge in [0.15, 0.2) is 0 Å². The molecule has 3 heteroatoms. The van der Waals surface area contributed by atoms with E-state index >= 15 is 0 Å². The Kier molecular flexibility index (Phi) is 1.70. The molecule has 0 spiro atoms. The van der Waals surface area contributed by atoms with Gasteiger partial charge in [0.1, 0.15) is 5.44 Å². The molecule has 1 atom stereocenters. The zero-order valence-corrected chi connectivity index (χ0v) is 4.94. The summed E-state index contributed by atoms with van der Waals surface area (Å²) in [5, 5.41) is 0. The van der Waals surface area contributed by atoms with Crippen molar-refractivity contribution in [3.63, 3.8) is 0 Å². The minimum absolute atomic E-state index is 0.292. The third-order valence-corrected chi connectivity index (χ3v) is 1.72. The smallest absolute Gasteiger partial charge is 0.127 e. The number of aliphatic imine (C=N–C) groups is 1. The Hall–Kier alpha value is -0.0200. The number of methoxy groups -OCH3 is 1. The number of thioether (sulfide) groups is 1. The van der Waals surface area contributed by atoms with Crippen molar-refractivity contribution in [2.45, 2.75) is 5.44 Å². The van der Waals surface area contributed by atoms with Crippen molar-refractivity contribution in [3.05, 3.63) is 0 Å². The van der Waals surface area contributed by atoms with Gasteiger partial charge in [-0.3, -0.25) is 4.99 Å². The van der Waals surface area contributed by atoms with Gasteiger partial charge in [-0.1, -0.05) is 11.8 Å². The lowest BCUT2D eigenvalue weighted by Gasteiger charge is -2.00. The highest BCUT2D eigenvalue weighted by molar-refractivity contribution is 8.12. The van der Waals surface area contributed by atoms with Gasteiger partial charge in [0.05, 0.1) is 12.1 Å². The molecule has 0 saturated carbocycles. The van der Waals surface area contributed by atoms with Gasteiger partial charge in [-0.05, 0) is 0 Å². The normalized spacial score (nSPS) is 29.0. The predicted octanol–water partition coefficient (Wildman–Crippen LogP) is 0.734. The minimum Gasteiger partial charge on any atom is -0.368 e. The van der Waals surface area contributed by atoms with Gasteiger partial charge in [-0.15, -0.1) is 0 Å². The summed E-state index contributed by atoms with van der Waals surface area (Å²) in [6.07, 6.45) is 0. The second-order valence-electron chi connectivity index (χ2n) is 1.27. The average Bonchev–Trinajstić information content (AvgIpc) is 2.14. The first-order valence-corrected chi connectivity index (χ1v) is 3.04. The molecule has 1 aliphatic heterocycles. The molecule has 1 rings (SSSR count). The predicted molar refractivity (Wildman–Crippen MR) is 31.7 cm³/mol. The van der Waals surface area contributed by atoms with Gasteiger partial charge in [0, 0.05) is 7.11 Å². The van der Waals surface area contributed by atoms with Crippen molar-refractivity contribution >= 4 is 17.3 Å². The van der Waals surface area contributed by atoms with Crippen LogP contribution in [0.5, 0.6) is 0 Å². The van der Waals surface area contributed by atoms with Crippen LogP contribution in [0.1, 0.15) is 0 Å². The van der Waals surface area contributed by atoms with E-state index in [1.807, 2.05) is 5.55 Å². The van der Waals surface area contributed by atoms with E-state index in [1.54, 1.807) is 18.9 Å². The topological polar surface area (TPSA) is 21.6 Å². The van der Waals surface area contributed by atoms with Gasteiger partial charge in [-0.25, -0.2) is 0 Å². The second-order valence-corrected chi connectivity index (χ2v) is 2.28. The monoisotopic (exact) mass is 117 g/mol. The molecule has 0 fully saturated rings. The molecule has 0 saturated heterocycles. The average molecular weight is 117 g/mol. The molecule has 0 radical (unpaired) electrons. The molecular weight excluding hydrogens is 110 g/mol. The number of hydrogen-bond donors (Lipinski definition) is 0. The van der Waals surface area contributed by atoms with Crippen molar-refractivity contribution in [2.24, 2.45) is 4.99 Å². The largest absolute Gasteiger partial charge is 0.368 e. The van der Waals surface area contributed by atoms with Crippen LogP contribution in [0.4, 0.5) is 0 Å². The van der Waals surface area contributed by atoms with E-state index in [-0.39, 0.29) is 0 Å². The minimum atomic E-state index is 0.292. The molecule has 1 aliphatic rings. The fraction of sp³-hybridized carbons (Fsp3) is 0.750. The van der Waals surface area contributed by atoms with E-state index < -0.39 is 0 Å². The highest BCUT2D eigenvalue weighted by atomic mass is 32.2. The molecule has 0 aromatic carbocycles. The van der Waals surface area contributed by atoms with E-state index in [0.717, 1.165) is 6.54 Å². The third kappa shape index (κ3) is 1.17. The number of nitrogens with zero attached hydrogens (tertiary/aromatic N) is 1. The number of hydrogen-bond acceptors (Lipinski definition) is 3. The van der Waals surface area contributed by atoms with Crippen LogP contribution >= 0.6 is 11.8 Å². The Morgan fingerprint density at radius 3 is 3.14 bits per heavy atom. The van der Waals surface area contributed by atoms with E-state index in [9.17, 15) is 0 Å². The lowest BCUT2D eigenvalue weighted by Crippen LogP contribution is -2.03. The zero-order valence-electron chi connectivity index (χ0n) is 4.13. The molecule has 7 heavy (non-hydrogen) atoms. The van der Waals surface area contributed by atoms with Crippen LogP contribution in [-0.2, 0) is 4.74 Å². The van der Waals surface area contributed by atoms with Crippen molar-refractivity contribution in [1.82, 2.24) is 0 Å². The summed E-state index contributed by atoms with van der Waals surface area (Å²) >= 11 is 1.63. The Morgan fingerprint density at radius 1 is 2.00 bits per heavy atom. The summed E-state index contributed by atoms with van der Waals surface area (Å²) in [5.74, 6) is 0. The molecule has 40 valence electrons. The molecule has 0 amide bonds. The zero-order chi connectivity index (χ0) is 5.11. The lowest BCUT2D eigenvalue weighted by atomic mass is 10.7. The fourth-order valence-corrected chi connectivity index (χ4v) is 1.00. The van der Waals surface area contributed by atoms with Crippen LogP contribution in [-0.4, -0.2) is 24.6 Å². The molecule has 1 unspecified atom stereocenters. The summed E-state index contributed by atoms with van der Waals surface area (Å²) in [6.45, 7) is 0.821. The van der Waals surface area contributed by atoms with Crippen LogP contribution in [0.25, 0.3) is 0 Å². The first-order valence-electron chi connectivity index (χ1n) is 2.10. The Morgan fingerprint density at radius 2 is 2.86 bits per heavy atom. The Bertz CT molecular complexity index is 75.8.